The molecule has 0 atom stereocenters. The third-order valence-corrected chi connectivity index (χ3v) is 1.91. The maximum atomic E-state index is 2.27. The van der Waals surface area contributed by atoms with Crippen LogP contribution >= 0.6 is 0 Å². The van der Waals surface area contributed by atoms with E-state index in [1.807, 2.05) is 5.92 Å². The van der Waals surface area contributed by atoms with Crippen molar-refractivity contribution < 1.29 is 0 Å². The Morgan fingerprint density at radius 3 is 2.38 bits per heavy atom. The van der Waals surface area contributed by atoms with E-state index >= 15 is 0 Å². The van der Waals surface area contributed by atoms with Gasteiger partial charge >= 0.3 is 0 Å². The van der Waals surface area contributed by atoms with Gasteiger partial charge < -0.3 is 0 Å². The van der Waals surface area contributed by atoms with Gasteiger partial charge in [0, 0.05) is 0 Å². The summed E-state index contributed by atoms with van der Waals surface area (Å²) in [6.45, 7) is 2.27. The van der Waals surface area contributed by atoms with Crippen molar-refractivity contribution in [2.24, 2.45) is 0 Å². The Hall–Kier alpha value is 0. The summed E-state index contributed by atoms with van der Waals surface area (Å²) >= 11 is 0. The van der Waals surface area contributed by atoms with Crippen LogP contribution in [0.4, 0.5) is 0 Å². The Balaban J connectivity index is 2.06. The summed E-state index contributed by atoms with van der Waals surface area (Å²) in [5.41, 5.74) is 0. The Morgan fingerprint density at radius 2 is 1.88 bits per heavy atom. The first kappa shape index (κ1) is 6.12. The predicted octanol–water partition coefficient (Wildman–Crippen LogP) is 2.93. The van der Waals surface area contributed by atoms with Crippen molar-refractivity contribution in [2.75, 3.05) is 0 Å². The second-order valence-electron chi connectivity index (χ2n) is 2.71. The molecule has 0 heterocycles. The Bertz CT molecular complexity index is 51.1. The van der Waals surface area contributed by atoms with E-state index < -0.39 is 0 Å². The van der Waals surface area contributed by atoms with Gasteiger partial charge in [-0.3, -0.25) is 0 Å². The van der Waals surface area contributed by atoms with Crippen LogP contribution < -0.4 is 0 Å². The second-order valence-corrected chi connectivity index (χ2v) is 2.71. The molecule has 0 saturated heterocycles. The van der Waals surface area contributed by atoms with Crippen LogP contribution in [0.15, 0.2) is 0 Å². The molecule has 0 spiro atoms. The largest absolute Gasteiger partial charge is 0.0654 e. The molecular formula is C8H15. The maximum Gasteiger partial charge on any atom is -0.0241 e. The zero-order valence-corrected chi connectivity index (χ0v) is 5.74. The van der Waals surface area contributed by atoms with E-state index in [2.05, 4.69) is 6.92 Å². The predicted molar refractivity (Wildman–Crippen MR) is 36.6 cm³/mol. The van der Waals surface area contributed by atoms with Gasteiger partial charge in [-0.2, -0.15) is 0 Å². The highest BCUT2D eigenvalue weighted by atomic mass is 14.2. The number of rotatable bonds is 2. The van der Waals surface area contributed by atoms with E-state index in [1.165, 1.54) is 38.5 Å². The van der Waals surface area contributed by atoms with Crippen LogP contribution in [0.25, 0.3) is 0 Å². The van der Waals surface area contributed by atoms with E-state index in [9.17, 15) is 0 Å². The quantitative estimate of drug-likeness (QED) is 0.514. The van der Waals surface area contributed by atoms with Gasteiger partial charge in [0.1, 0.15) is 0 Å². The van der Waals surface area contributed by atoms with E-state index in [0.29, 0.717) is 0 Å². The first-order valence-corrected chi connectivity index (χ1v) is 3.77. The van der Waals surface area contributed by atoms with Crippen molar-refractivity contribution in [3.63, 3.8) is 0 Å². The summed E-state index contributed by atoms with van der Waals surface area (Å²) in [5, 5.41) is 0. The molecule has 0 unspecified atom stereocenters. The van der Waals surface area contributed by atoms with Gasteiger partial charge in [0.15, 0.2) is 0 Å². The van der Waals surface area contributed by atoms with E-state index in [1.54, 1.807) is 0 Å². The third kappa shape index (κ3) is 1.50. The zero-order chi connectivity index (χ0) is 5.82. The van der Waals surface area contributed by atoms with Gasteiger partial charge in [0.05, 0.1) is 0 Å². The molecule has 0 heteroatoms. The van der Waals surface area contributed by atoms with Gasteiger partial charge in [-0.15, -0.1) is 0 Å². The lowest BCUT2D eigenvalue weighted by Gasteiger charge is -2.02. The molecule has 8 heavy (non-hydrogen) atoms. The monoisotopic (exact) mass is 111 g/mol. The average Bonchev–Trinajstić information content (AvgIpc) is 2.19. The molecule has 1 aliphatic rings. The smallest absolute Gasteiger partial charge is 0.0241 e. The highest BCUT2D eigenvalue weighted by Crippen LogP contribution is 2.30. The standard InChI is InChI=1S/C8H15/c1-2-5-8-6-3-4-7-8/h2-7H2,1H3. The van der Waals surface area contributed by atoms with Gasteiger partial charge in [-0.05, 0) is 25.2 Å². The molecule has 1 aliphatic carbocycles. The fourth-order valence-electron chi connectivity index (χ4n) is 1.48. The van der Waals surface area contributed by atoms with Crippen molar-refractivity contribution >= 4 is 0 Å². The van der Waals surface area contributed by atoms with Crippen molar-refractivity contribution in [3.8, 4) is 0 Å². The zero-order valence-electron chi connectivity index (χ0n) is 5.74. The number of hydrogen-bond acceptors (Lipinski definition) is 0. The van der Waals surface area contributed by atoms with E-state index in [0.717, 1.165) is 0 Å². The molecule has 1 rings (SSSR count). The minimum Gasteiger partial charge on any atom is -0.0654 e. The van der Waals surface area contributed by atoms with E-state index in [-0.39, 0.29) is 0 Å². The molecule has 1 fully saturated rings. The van der Waals surface area contributed by atoms with Crippen molar-refractivity contribution in [1.82, 2.24) is 0 Å². The van der Waals surface area contributed by atoms with Crippen molar-refractivity contribution in [2.45, 2.75) is 45.4 Å². The summed E-state index contributed by atoms with van der Waals surface area (Å²) in [6.07, 6.45) is 8.57. The fraction of sp³-hybridized carbons (Fsp3) is 0.875. The van der Waals surface area contributed by atoms with Crippen LogP contribution in [-0.4, -0.2) is 0 Å². The lowest BCUT2D eigenvalue weighted by molar-refractivity contribution is 0.740. The average molecular weight is 111 g/mol. The van der Waals surface area contributed by atoms with Crippen molar-refractivity contribution in [1.29, 1.82) is 0 Å². The third-order valence-electron chi connectivity index (χ3n) is 1.91. The van der Waals surface area contributed by atoms with Gasteiger partial charge in [0.25, 0.3) is 0 Å². The molecule has 0 N–H and O–H groups in total. The first-order chi connectivity index (χ1) is 3.93. The summed E-state index contributed by atoms with van der Waals surface area (Å²) in [5.74, 6) is 1.83. The van der Waals surface area contributed by atoms with Gasteiger partial charge in [-0.25, -0.2) is 0 Å². The van der Waals surface area contributed by atoms with Crippen molar-refractivity contribution in [3.05, 3.63) is 5.92 Å². The first-order valence-electron chi connectivity index (χ1n) is 3.77. The van der Waals surface area contributed by atoms with Crippen LogP contribution in [0, 0.1) is 5.92 Å². The van der Waals surface area contributed by atoms with Crippen LogP contribution in [0.2, 0.25) is 0 Å². The molecule has 47 valence electrons. The summed E-state index contributed by atoms with van der Waals surface area (Å²) < 4.78 is 0. The Kier molecular flexibility index (Phi) is 2.38. The van der Waals surface area contributed by atoms with Crippen LogP contribution in [-0.2, 0) is 0 Å². The highest BCUT2D eigenvalue weighted by molar-refractivity contribution is 4.93. The molecule has 0 aliphatic heterocycles. The molecule has 0 aromatic carbocycles. The van der Waals surface area contributed by atoms with Crippen LogP contribution in [0.1, 0.15) is 45.4 Å². The second kappa shape index (κ2) is 3.11. The molecule has 1 radical (unpaired) electrons. The van der Waals surface area contributed by atoms with Gasteiger partial charge in [-0.1, -0.05) is 26.2 Å². The number of hydrogen-bond donors (Lipinski definition) is 0. The minimum absolute atomic E-state index is 1.36. The minimum atomic E-state index is 1.36. The molecule has 0 aromatic heterocycles. The fourth-order valence-corrected chi connectivity index (χ4v) is 1.48. The topological polar surface area (TPSA) is 0 Å². The van der Waals surface area contributed by atoms with Crippen LogP contribution in [0.3, 0.4) is 0 Å². The molecule has 0 bridgehead atoms. The SMILES string of the molecule is CCC[C]1CCCC1. The normalized spacial score (nSPS) is 22.1. The van der Waals surface area contributed by atoms with Gasteiger partial charge in [0.2, 0.25) is 0 Å². The van der Waals surface area contributed by atoms with E-state index in [4.69, 9.17) is 0 Å². The molecule has 1 saturated carbocycles. The lowest BCUT2D eigenvalue weighted by atomic mass is 10.0. The Labute approximate surface area is 52.3 Å². The maximum absolute atomic E-state index is 2.27. The summed E-state index contributed by atoms with van der Waals surface area (Å²) in [6, 6.07) is 0. The molecule has 0 amide bonds. The van der Waals surface area contributed by atoms with Crippen LogP contribution in [0.5, 0.6) is 0 Å². The highest BCUT2D eigenvalue weighted by Gasteiger charge is 2.13. The molecule has 0 aromatic rings. The Morgan fingerprint density at radius 1 is 1.25 bits per heavy atom. The summed E-state index contributed by atoms with van der Waals surface area (Å²) in [7, 11) is 0. The molecular weight excluding hydrogens is 96.1 g/mol. The lowest BCUT2D eigenvalue weighted by Crippen LogP contribution is -1.86. The summed E-state index contributed by atoms with van der Waals surface area (Å²) in [4.78, 5) is 0. The molecule has 0 nitrogen and oxygen atoms in total.